The maximum absolute atomic E-state index is 12.3. The first-order valence-corrected chi connectivity index (χ1v) is 7.12. The van der Waals surface area contributed by atoms with Crippen LogP contribution in [0.3, 0.4) is 0 Å². The third kappa shape index (κ3) is 4.40. The van der Waals surface area contributed by atoms with Crippen LogP contribution < -0.4 is 5.32 Å². The molecule has 0 saturated heterocycles. The van der Waals surface area contributed by atoms with Crippen LogP contribution in [-0.4, -0.2) is 47.7 Å². The Hall–Kier alpha value is -2.67. The molecule has 0 aliphatic rings. The second-order valence-electron chi connectivity index (χ2n) is 5.23. The van der Waals surface area contributed by atoms with E-state index in [4.69, 9.17) is 4.74 Å². The smallest absolute Gasteiger partial charge is 0.258 e. The molecule has 1 aromatic carbocycles. The molecule has 7 heteroatoms. The predicted molar refractivity (Wildman–Crippen MR) is 85.7 cm³/mol. The average Bonchev–Trinajstić information content (AvgIpc) is 2.96. The van der Waals surface area contributed by atoms with E-state index >= 15 is 0 Å². The van der Waals surface area contributed by atoms with Crippen molar-refractivity contribution in [3.63, 3.8) is 0 Å². The van der Waals surface area contributed by atoms with Gasteiger partial charge in [0.2, 0.25) is 5.91 Å². The fourth-order valence-electron chi connectivity index (χ4n) is 2.02. The van der Waals surface area contributed by atoms with Gasteiger partial charge in [0.15, 0.2) is 6.10 Å². The zero-order valence-corrected chi connectivity index (χ0v) is 13.4. The zero-order valence-electron chi connectivity index (χ0n) is 13.4. The maximum atomic E-state index is 12.3. The van der Waals surface area contributed by atoms with Gasteiger partial charge in [0.1, 0.15) is 6.54 Å². The quantitative estimate of drug-likeness (QED) is 0.871. The Bertz CT molecular complexity index is 667. The second kappa shape index (κ2) is 7.55. The van der Waals surface area contributed by atoms with Gasteiger partial charge in [0.05, 0.1) is 11.9 Å². The second-order valence-corrected chi connectivity index (χ2v) is 5.23. The number of aromatic nitrogens is 2. The minimum absolute atomic E-state index is 0.0787. The Morgan fingerprint density at radius 1 is 1.30 bits per heavy atom. The van der Waals surface area contributed by atoms with Crippen LogP contribution in [0.25, 0.3) is 0 Å². The highest BCUT2D eigenvalue weighted by Gasteiger charge is 2.20. The van der Waals surface area contributed by atoms with Gasteiger partial charge in [0, 0.05) is 27.4 Å². The molecule has 1 N–H and O–H groups in total. The van der Waals surface area contributed by atoms with Crippen LogP contribution in [0.1, 0.15) is 11.7 Å². The van der Waals surface area contributed by atoms with E-state index in [0.29, 0.717) is 5.69 Å². The Morgan fingerprint density at radius 3 is 2.61 bits per heavy atom. The molecule has 0 spiro atoms. The lowest BCUT2D eigenvalue weighted by molar-refractivity contribution is -0.129. The monoisotopic (exact) mass is 316 g/mol. The number of hydrogen-bond donors (Lipinski definition) is 1. The van der Waals surface area contributed by atoms with Crippen LogP contribution in [0.2, 0.25) is 0 Å². The van der Waals surface area contributed by atoms with E-state index in [2.05, 4.69) is 10.4 Å². The van der Waals surface area contributed by atoms with Crippen molar-refractivity contribution in [1.29, 1.82) is 0 Å². The minimum Gasteiger partial charge on any atom is -0.367 e. The Kier molecular flexibility index (Phi) is 5.48. The lowest BCUT2D eigenvalue weighted by Crippen LogP contribution is -2.26. The molecule has 23 heavy (non-hydrogen) atoms. The molecule has 0 radical (unpaired) electrons. The Balaban J connectivity index is 2.02. The summed E-state index contributed by atoms with van der Waals surface area (Å²) < 4.78 is 6.75. The number of anilines is 1. The lowest BCUT2D eigenvalue weighted by Gasteiger charge is -2.14. The number of carbonyl (C=O) groups is 2. The number of methoxy groups -OCH3 is 1. The molecule has 1 atom stereocenters. The summed E-state index contributed by atoms with van der Waals surface area (Å²) in [6.45, 7) is 0.120. The van der Waals surface area contributed by atoms with Crippen LogP contribution >= 0.6 is 0 Å². The van der Waals surface area contributed by atoms with Gasteiger partial charge in [-0.05, 0) is 5.56 Å². The molecular formula is C16H20N4O3. The minimum atomic E-state index is -0.706. The van der Waals surface area contributed by atoms with Crippen molar-refractivity contribution in [1.82, 2.24) is 14.7 Å². The van der Waals surface area contributed by atoms with Gasteiger partial charge in [0.25, 0.3) is 5.91 Å². The zero-order chi connectivity index (χ0) is 16.8. The van der Waals surface area contributed by atoms with E-state index in [1.165, 1.54) is 22.9 Å². The summed E-state index contributed by atoms with van der Waals surface area (Å²) in [6, 6.07) is 9.22. The number of amides is 2. The normalized spacial score (nSPS) is 11.8. The first-order chi connectivity index (χ1) is 11.0. The highest BCUT2D eigenvalue weighted by molar-refractivity contribution is 5.94. The molecule has 1 aromatic heterocycles. The molecule has 0 bridgehead atoms. The number of benzene rings is 1. The number of carbonyl (C=O) groups excluding carboxylic acids is 2. The van der Waals surface area contributed by atoms with Gasteiger partial charge < -0.3 is 15.0 Å². The average molecular weight is 316 g/mol. The molecule has 0 fully saturated rings. The van der Waals surface area contributed by atoms with Crippen LogP contribution in [-0.2, 0) is 20.9 Å². The molecule has 2 amide bonds. The van der Waals surface area contributed by atoms with Crippen LogP contribution in [0.15, 0.2) is 42.7 Å². The first-order valence-electron chi connectivity index (χ1n) is 7.12. The van der Waals surface area contributed by atoms with Crippen LogP contribution in [0.5, 0.6) is 0 Å². The van der Waals surface area contributed by atoms with E-state index in [0.717, 1.165) is 5.56 Å². The summed E-state index contributed by atoms with van der Waals surface area (Å²) in [6.07, 6.45) is 2.40. The maximum Gasteiger partial charge on any atom is 0.258 e. The van der Waals surface area contributed by atoms with Crippen molar-refractivity contribution < 1.29 is 14.3 Å². The Morgan fingerprint density at radius 2 is 2.00 bits per heavy atom. The molecule has 2 rings (SSSR count). The molecule has 122 valence electrons. The van der Waals surface area contributed by atoms with Gasteiger partial charge in [-0.25, -0.2) is 0 Å². The van der Waals surface area contributed by atoms with E-state index < -0.39 is 6.10 Å². The summed E-state index contributed by atoms with van der Waals surface area (Å²) in [5, 5.41) is 6.81. The summed E-state index contributed by atoms with van der Waals surface area (Å²) in [4.78, 5) is 25.5. The van der Waals surface area contributed by atoms with E-state index in [1.54, 1.807) is 20.3 Å². The summed E-state index contributed by atoms with van der Waals surface area (Å²) in [5.74, 6) is -0.373. The highest BCUT2D eigenvalue weighted by atomic mass is 16.5. The number of ether oxygens (including phenoxy) is 1. The molecular weight excluding hydrogens is 296 g/mol. The predicted octanol–water partition coefficient (Wildman–Crippen LogP) is 1.30. The molecule has 7 nitrogen and oxygen atoms in total. The third-order valence-corrected chi connectivity index (χ3v) is 3.27. The van der Waals surface area contributed by atoms with E-state index in [9.17, 15) is 9.59 Å². The summed E-state index contributed by atoms with van der Waals surface area (Å²) >= 11 is 0. The summed E-state index contributed by atoms with van der Waals surface area (Å²) in [5.41, 5.74) is 1.28. The van der Waals surface area contributed by atoms with Gasteiger partial charge in [-0.3, -0.25) is 14.3 Å². The number of nitrogens with one attached hydrogen (secondary N) is 1. The number of likely N-dealkylation sites (N-methyl/N-ethyl adjacent to an activating group) is 1. The van der Waals surface area contributed by atoms with Crippen molar-refractivity contribution in [2.75, 3.05) is 26.5 Å². The largest absolute Gasteiger partial charge is 0.367 e. The van der Waals surface area contributed by atoms with Gasteiger partial charge in [-0.15, -0.1) is 0 Å². The molecule has 0 saturated carbocycles. The molecule has 2 aromatic rings. The van der Waals surface area contributed by atoms with E-state index in [-0.39, 0.29) is 18.4 Å². The molecule has 0 aliphatic heterocycles. The van der Waals surface area contributed by atoms with Crippen LogP contribution in [0, 0.1) is 0 Å². The standard InChI is InChI=1S/C16H20N4O3/c1-19(2)14(21)11-20-10-13(9-17-20)18-16(22)15(23-3)12-7-5-4-6-8-12/h4-10,15H,11H2,1-3H3,(H,18,22)/t15-/m1/s1. The SMILES string of the molecule is CO[C@@H](C(=O)Nc1cnn(CC(=O)N(C)C)c1)c1ccccc1. The van der Waals surface area contributed by atoms with Crippen molar-refractivity contribution in [2.24, 2.45) is 0 Å². The topological polar surface area (TPSA) is 76.5 Å². The van der Waals surface area contributed by atoms with Gasteiger partial charge in [-0.1, -0.05) is 30.3 Å². The van der Waals surface area contributed by atoms with Crippen molar-refractivity contribution >= 4 is 17.5 Å². The molecule has 0 unspecified atom stereocenters. The highest BCUT2D eigenvalue weighted by Crippen LogP contribution is 2.18. The number of nitrogens with zero attached hydrogens (tertiary/aromatic N) is 3. The van der Waals surface area contributed by atoms with Crippen LogP contribution in [0.4, 0.5) is 5.69 Å². The fraction of sp³-hybridized carbons (Fsp3) is 0.312. The summed E-state index contributed by atoms with van der Waals surface area (Å²) in [7, 11) is 4.84. The molecule has 0 aliphatic carbocycles. The Labute approximate surface area is 134 Å². The van der Waals surface area contributed by atoms with Gasteiger partial charge >= 0.3 is 0 Å². The first kappa shape index (κ1) is 16.7. The molecule has 1 heterocycles. The van der Waals surface area contributed by atoms with Crippen molar-refractivity contribution in [2.45, 2.75) is 12.6 Å². The van der Waals surface area contributed by atoms with Crippen molar-refractivity contribution in [3.05, 3.63) is 48.3 Å². The van der Waals surface area contributed by atoms with Gasteiger partial charge in [-0.2, -0.15) is 5.10 Å². The number of rotatable bonds is 6. The number of hydrogen-bond acceptors (Lipinski definition) is 4. The van der Waals surface area contributed by atoms with Crippen molar-refractivity contribution in [3.8, 4) is 0 Å². The lowest BCUT2D eigenvalue weighted by atomic mass is 10.1. The fourth-order valence-corrected chi connectivity index (χ4v) is 2.02. The third-order valence-electron chi connectivity index (χ3n) is 3.27. The van der Waals surface area contributed by atoms with E-state index in [1.807, 2.05) is 30.3 Å².